The van der Waals surface area contributed by atoms with Gasteiger partial charge in [-0.15, -0.1) is 0 Å². The Kier molecular flexibility index (Phi) is 12.8. The van der Waals surface area contributed by atoms with Gasteiger partial charge in [-0.05, 0) is 72.3 Å². The molecule has 0 aromatic heterocycles. The van der Waals surface area contributed by atoms with E-state index in [1.54, 1.807) is 0 Å². The lowest BCUT2D eigenvalue weighted by Crippen LogP contribution is -2.43. The molecule has 1 fully saturated rings. The van der Waals surface area contributed by atoms with Gasteiger partial charge in [0.15, 0.2) is 5.96 Å². The van der Waals surface area contributed by atoms with Crippen molar-refractivity contribution in [2.24, 2.45) is 4.99 Å². The fourth-order valence-corrected chi connectivity index (χ4v) is 3.90. The summed E-state index contributed by atoms with van der Waals surface area (Å²) in [6.45, 7) is 12.4. The van der Waals surface area contributed by atoms with E-state index in [9.17, 15) is 0 Å². The molecule has 5 nitrogen and oxygen atoms in total. The first-order valence-corrected chi connectivity index (χ1v) is 11.0. The molecule has 26 heavy (non-hydrogen) atoms. The monoisotopic (exact) mass is 367 g/mol. The van der Waals surface area contributed by atoms with E-state index in [4.69, 9.17) is 0 Å². The summed E-state index contributed by atoms with van der Waals surface area (Å²) >= 11 is 0. The highest BCUT2D eigenvalue weighted by Gasteiger charge is 2.17. The fraction of sp³-hybridized carbons (Fsp3) is 0.952. The number of guanidine groups is 1. The van der Waals surface area contributed by atoms with E-state index in [-0.39, 0.29) is 0 Å². The Morgan fingerprint density at radius 2 is 1.77 bits per heavy atom. The van der Waals surface area contributed by atoms with Crippen LogP contribution in [-0.4, -0.2) is 74.7 Å². The van der Waals surface area contributed by atoms with Crippen LogP contribution < -0.4 is 10.6 Å². The highest BCUT2D eigenvalue weighted by atomic mass is 15.2. The average molecular weight is 368 g/mol. The summed E-state index contributed by atoms with van der Waals surface area (Å²) in [5, 5.41) is 7.02. The summed E-state index contributed by atoms with van der Waals surface area (Å²) in [7, 11) is 4.16. The molecule has 0 amide bonds. The third kappa shape index (κ3) is 9.77. The second kappa shape index (κ2) is 14.3. The molecule has 1 rings (SSSR count). The second-order valence-electron chi connectivity index (χ2n) is 7.84. The fourth-order valence-electron chi connectivity index (χ4n) is 3.90. The maximum absolute atomic E-state index is 4.38. The molecular weight excluding hydrogens is 322 g/mol. The summed E-state index contributed by atoms with van der Waals surface area (Å²) in [5.74, 6) is 0.945. The van der Waals surface area contributed by atoms with E-state index in [0.717, 1.165) is 31.6 Å². The van der Waals surface area contributed by atoms with E-state index in [1.807, 2.05) is 7.05 Å². The largest absolute Gasteiger partial charge is 0.356 e. The van der Waals surface area contributed by atoms with Crippen molar-refractivity contribution in [2.45, 2.75) is 84.2 Å². The quantitative estimate of drug-likeness (QED) is 0.315. The van der Waals surface area contributed by atoms with Gasteiger partial charge >= 0.3 is 0 Å². The molecule has 1 unspecified atom stereocenters. The molecule has 5 heteroatoms. The van der Waals surface area contributed by atoms with Crippen molar-refractivity contribution in [2.75, 3.05) is 46.8 Å². The van der Waals surface area contributed by atoms with Crippen LogP contribution in [0.25, 0.3) is 0 Å². The summed E-state index contributed by atoms with van der Waals surface area (Å²) < 4.78 is 0. The molecule has 0 spiro atoms. The number of rotatable bonds is 12. The molecule has 1 aliphatic carbocycles. The van der Waals surface area contributed by atoms with Gasteiger partial charge in [0.1, 0.15) is 0 Å². The maximum atomic E-state index is 4.38. The van der Waals surface area contributed by atoms with Gasteiger partial charge in [0, 0.05) is 25.7 Å². The van der Waals surface area contributed by atoms with Crippen molar-refractivity contribution < 1.29 is 0 Å². The van der Waals surface area contributed by atoms with Gasteiger partial charge in [-0.1, -0.05) is 33.1 Å². The minimum Gasteiger partial charge on any atom is -0.356 e. The van der Waals surface area contributed by atoms with Crippen molar-refractivity contribution in [1.82, 2.24) is 20.4 Å². The third-order valence-corrected chi connectivity index (χ3v) is 5.79. The molecule has 0 bridgehead atoms. The predicted octanol–water partition coefficient (Wildman–Crippen LogP) is 3.32. The van der Waals surface area contributed by atoms with Gasteiger partial charge in [0.05, 0.1) is 0 Å². The summed E-state index contributed by atoms with van der Waals surface area (Å²) in [4.78, 5) is 9.43. The lowest BCUT2D eigenvalue weighted by Gasteiger charge is -2.31. The van der Waals surface area contributed by atoms with Gasteiger partial charge in [0.2, 0.25) is 0 Å². The topological polar surface area (TPSA) is 42.9 Å². The number of hydrogen-bond acceptors (Lipinski definition) is 3. The molecule has 0 saturated heterocycles. The standard InChI is InChI=1S/C21H45N5/c1-6-26(7-2)18-11-13-19(3)24-21(22-4)23-16-12-17-25(5)20-14-9-8-10-15-20/h19-20H,6-18H2,1-5H3,(H2,22,23,24). The SMILES string of the molecule is CCN(CC)CCCC(C)NC(=NC)NCCCN(C)C1CCCCC1. The van der Waals surface area contributed by atoms with Gasteiger partial charge in [0.25, 0.3) is 0 Å². The van der Waals surface area contributed by atoms with Gasteiger partial charge in [-0.2, -0.15) is 0 Å². The van der Waals surface area contributed by atoms with E-state index >= 15 is 0 Å². The summed E-state index contributed by atoms with van der Waals surface area (Å²) in [6.07, 6.45) is 10.6. The van der Waals surface area contributed by atoms with Crippen molar-refractivity contribution in [3.05, 3.63) is 0 Å². The number of aliphatic imine (C=N–C) groups is 1. The molecule has 0 heterocycles. The molecule has 0 radical (unpaired) electrons. The second-order valence-corrected chi connectivity index (χ2v) is 7.84. The van der Waals surface area contributed by atoms with Crippen LogP contribution in [0, 0.1) is 0 Å². The van der Waals surface area contributed by atoms with Crippen molar-refractivity contribution in [3.63, 3.8) is 0 Å². The Morgan fingerprint density at radius 1 is 1.08 bits per heavy atom. The highest BCUT2D eigenvalue weighted by molar-refractivity contribution is 5.79. The lowest BCUT2D eigenvalue weighted by atomic mass is 9.94. The lowest BCUT2D eigenvalue weighted by molar-refractivity contribution is 0.190. The van der Waals surface area contributed by atoms with Crippen LogP contribution in [-0.2, 0) is 0 Å². The normalized spacial score (nSPS) is 17.7. The van der Waals surface area contributed by atoms with Crippen molar-refractivity contribution in [1.29, 1.82) is 0 Å². The van der Waals surface area contributed by atoms with E-state index < -0.39 is 0 Å². The third-order valence-electron chi connectivity index (χ3n) is 5.79. The van der Waals surface area contributed by atoms with Crippen LogP contribution in [0.4, 0.5) is 0 Å². The van der Waals surface area contributed by atoms with Crippen LogP contribution >= 0.6 is 0 Å². The molecule has 0 aliphatic heterocycles. The van der Waals surface area contributed by atoms with Crippen LogP contribution in [0.5, 0.6) is 0 Å². The molecule has 0 aromatic rings. The van der Waals surface area contributed by atoms with Crippen LogP contribution in [0.15, 0.2) is 4.99 Å². The first kappa shape index (κ1) is 23.2. The van der Waals surface area contributed by atoms with Crippen molar-refractivity contribution >= 4 is 5.96 Å². The minimum atomic E-state index is 0.460. The molecule has 1 atom stereocenters. The Bertz CT molecular complexity index is 361. The smallest absolute Gasteiger partial charge is 0.191 e. The Balaban J connectivity index is 2.13. The number of hydrogen-bond donors (Lipinski definition) is 2. The van der Waals surface area contributed by atoms with E-state index in [0.29, 0.717) is 6.04 Å². The molecule has 1 saturated carbocycles. The molecule has 0 aromatic carbocycles. The molecule has 2 N–H and O–H groups in total. The van der Waals surface area contributed by atoms with Crippen LogP contribution in [0.1, 0.15) is 72.1 Å². The molecule has 1 aliphatic rings. The Labute approximate surface area is 163 Å². The summed E-state index contributed by atoms with van der Waals surface area (Å²) in [5.41, 5.74) is 0. The zero-order chi connectivity index (χ0) is 19.2. The zero-order valence-corrected chi connectivity index (χ0v) is 18.2. The minimum absolute atomic E-state index is 0.460. The van der Waals surface area contributed by atoms with E-state index in [1.165, 1.54) is 64.5 Å². The Hall–Kier alpha value is -0.810. The Morgan fingerprint density at radius 3 is 2.38 bits per heavy atom. The van der Waals surface area contributed by atoms with Gasteiger partial charge < -0.3 is 20.4 Å². The predicted molar refractivity (Wildman–Crippen MR) is 115 cm³/mol. The molecule has 154 valence electrons. The first-order chi connectivity index (χ1) is 12.6. The zero-order valence-electron chi connectivity index (χ0n) is 18.2. The van der Waals surface area contributed by atoms with Crippen molar-refractivity contribution in [3.8, 4) is 0 Å². The van der Waals surface area contributed by atoms with Crippen LogP contribution in [0.2, 0.25) is 0 Å². The first-order valence-electron chi connectivity index (χ1n) is 11.0. The van der Waals surface area contributed by atoms with Gasteiger partial charge in [-0.25, -0.2) is 0 Å². The average Bonchev–Trinajstić information content (AvgIpc) is 2.68. The number of nitrogens with one attached hydrogen (secondary N) is 2. The number of nitrogens with zero attached hydrogens (tertiary/aromatic N) is 3. The molecular formula is C21H45N5. The van der Waals surface area contributed by atoms with E-state index in [2.05, 4.69) is 53.2 Å². The summed E-state index contributed by atoms with van der Waals surface area (Å²) in [6, 6.07) is 1.27. The maximum Gasteiger partial charge on any atom is 0.191 e. The van der Waals surface area contributed by atoms with Gasteiger partial charge in [-0.3, -0.25) is 4.99 Å². The highest BCUT2D eigenvalue weighted by Crippen LogP contribution is 2.21. The van der Waals surface area contributed by atoms with Crippen LogP contribution in [0.3, 0.4) is 0 Å².